The molecule has 0 saturated carbocycles. The first-order valence-electron chi connectivity index (χ1n) is 4.10. The number of rotatable bonds is 1. The predicted molar refractivity (Wildman–Crippen MR) is 45.7 cm³/mol. The first-order chi connectivity index (χ1) is 5.92. The van der Waals surface area contributed by atoms with Gasteiger partial charge in [-0.25, -0.2) is 0 Å². The predicted octanol–water partition coefficient (Wildman–Crippen LogP) is 0.872. The zero-order valence-electron chi connectivity index (χ0n) is 7.08. The SMILES string of the molecule is CNC1COCc2ncccc21. The lowest BCUT2D eigenvalue weighted by molar-refractivity contribution is 0.0813. The standard InChI is InChI=1S/C9H12N2O/c1-10-8-5-12-6-9-7(8)3-2-4-11-9/h2-4,8,10H,5-6H2,1H3. The number of fused-ring (bicyclic) bond motifs is 1. The number of ether oxygens (including phenoxy) is 1. The van der Waals surface area contributed by atoms with Crippen molar-refractivity contribution >= 4 is 0 Å². The van der Waals surface area contributed by atoms with Crippen molar-refractivity contribution in [3.8, 4) is 0 Å². The molecule has 0 spiro atoms. The summed E-state index contributed by atoms with van der Waals surface area (Å²) in [6, 6.07) is 4.38. The molecule has 3 heteroatoms. The van der Waals surface area contributed by atoms with E-state index in [1.165, 1.54) is 5.56 Å². The van der Waals surface area contributed by atoms with Crippen molar-refractivity contribution < 1.29 is 4.74 Å². The van der Waals surface area contributed by atoms with Crippen LogP contribution in [0.3, 0.4) is 0 Å². The molecule has 0 amide bonds. The molecule has 3 nitrogen and oxygen atoms in total. The molecule has 2 rings (SSSR count). The molecule has 64 valence electrons. The average Bonchev–Trinajstić information content (AvgIpc) is 2.17. The molecule has 0 saturated heterocycles. The van der Waals surface area contributed by atoms with Crippen molar-refractivity contribution in [2.75, 3.05) is 13.7 Å². The summed E-state index contributed by atoms with van der Waals surface area (Å²) in [6.07, 6.45) is 1.81. The molecule has 1 aliphatic rings. The van der Waals surface area contributed by atoms with Crippen molar-refractivity contribution in [2.45, 2.75) is 12.6 Å². The van der Waals surface area contributed by atoms with Gasteiger partial charge < -0.3 is 10.1 Å². The highest BCUT2D eigenvalue weighted by molar-refractivity contribution is 5.24. The topological polar surface area (TPSA) is 34.1 Å². The number of hydrogen-bond acceptors (Lipinski definition) is 3. The van der Waals surface area contributed by atoms with Gasteiger partial charge in [0, 0.05) is 6.20 Å². The minimum atomic E-state index is 0.308. The normalized spacial score (nSPS) is 21.9. The van der Waals surface area contributed by atoms with E-state index in [1.807, 2.05) is 13.1 Å². The van der Waals surface area contributed by atoms with Crippen LogP contribution >= 0.6 is 0 Å². The highest BCUT2D eigenvalue weighted by atomic mass is 16.5. The maximum atomic E-state index is 5.37. The van der Waals surface area contributed by atoms with Crippen LogP contribution in [0.2, 0.25) is 0 Å². The van der Waals surface area contributed by atoms with Crippen molar-refractivity contribution in [1.29, 1.82) is 0 Å². The molecule has 0 aromatic carbocycles. The lowest BCUT2D eigenvalue weighted by Gasteiger charge is -2.23. The summed E-state index contributed by atoms with van der Waals surface area (Å²) in [7, 11) is 1.94. The summed E-state index contributed by atoms with van der Waals surface area (Å²) in [5.74, 6) is 0. The lowest BCUT2D eigenvalue weighted by atomic mass is 10.0. The number of hydrogen-bond donors (Lipinski definition) is 1. The minimum Gasteiger partial charge on any atom is -0.373 e. The summed E-state index contributed by atoms with van der Waals surface area (Å²) >= 11 is 0. The lowest BCUT2D eigenvalue weighted by Crippen LogP contribution is -2.27. The maximum Gasteiger partial charge on any atom is 0.0892 e. The molecule has 1 aromatic heterocycles. The van der Waals surface area contributed by atoms with Crippen LogP contribution in [0.1, 0.15) is 17.3 Å². The van der Waals surface area contributed by atoms with Crippen LogP contribution < -0.4 is 5.32 Å². The molecule has 1 aromatic rings. The van der Waals surface area contributed by atoms with E-state index in [-0.39, 0.29) is 0 Å². The number of nitrogens with zero attached hydrogens (tertiary/aromatic N) is 1. The highest BCUT2D eigenvalue weighted by Gasteiger charge is 2.18. The van der Waals surface area contributed by atoms with Crippen LogP contribution in [0.15, 0.2) is 18.3 Å². The van der Waals surface area contributed by atoms with Crippen LogP contribution in [0.5, 0.6) is 0 Å². The Balaban J connectivity index is 2.37. The fraction of sp³-hybridized carbons (Fsp3) is 0.444. The van der Waals surface area contributed by atoms with Gasteiger partial charge in [0.05, 0.1) is 24.9 Å². The Bertz CT molecular complexity index is 275. The highest BCUT2D eigenvalue weighted by Crippen LogP contribution is 2.21. The molecule has 1 aliphatic heterocycles. The van der Waals surface area contributed by atoms with Crippen LogP contribution in [-0.2, 0) is 11.3 Å². The number of likely N-dealkylation sites (N-methyl/N-ethyl adjacent to an activating group) is 1. The third-order valence-corrected chi connectivity index (χ3v) is 2.17. The smallest absolute Gasteiger partial charge is 0.0892 e. The molecule has 0 bridgehead atoms. The molecule has 2 heterocycles. The Morgan fingerprint density at radius 3 is 3.42 bits per heavy atom. The van der Waals surface area contributed by atoms with Crippen LogP contribution in [0.4, 0.5) is 0 Å². The fourth-order valence-corrected chi connectivity index (χ4v) is 1.49. The van der Waals surface area contributed by atoms with Gasteiger partial charge in [0.15, 0.2) is 0 Å². The second kappa shape index (κ2) is 3.21. The van der Waals surface area contributed by atoms with Crippen molar-refractivity contribution in [2.24, 2.45) is 0 Å². The van der Waals surface area contributed by atoms with E-state index in [1.54, 1.807) is 6.20 Å². The van der Waals surface area contributed by atoms with Crippen LogP contribution in [0.25, 0.3) is 0 Å². The van der Waals surface area contributed by atoms with Gasteiger partial charge in [-0.1, -0.05) is 6.07 Å². The summed E-state index contributed by atoms with van der Waals surface area (Å²) in [6.45, 7) is 1.39. The molecule has 1 unspecified atom stereocenters. The summed E-state index contributed by atoms with van der Waals surface area (Å²) in [4.78, 5) is 4.25. The molecule has 0 fully saturated rings. The zero-order chi connectivity index (χ0) is 8.39. The van der Waals surface area contributed by atoms with Crippen molar-refractivity contribution in [1.82, 2.24) is 10.3 Å². The van der Waals surface area contributed by atoms with E-state index in [0.717, 1.165) is 12.3 Å². The van der Waals surface area contributed by atoms with E-state index < -0.39 is 0 Å². The second-order valence-corrected chi connectivity index (χ2v) is 2.90. The zero-order valence-corrected chi connectivity index (χ0v) is 7.08. The van der Waals surface area contributed by atoms with Gasteiger partial charge >= 0.3 is 0 Å². The molecular formula is C9H12N2O. The van der Waals surface area contributed by atoms with E-state index in [2.05, 4.69) is 16.4 Å². The molecule has 0 aliphatic carbocycles. The number of pyridine rings is 1. The van der Waals surface area contributed by atoms with Gasteiger partial charge in [0.25, 0.3) is 0 Å². The monoisotopic (exact) mass is 164 g/mol. The molecule has 1 N–H and O–H groups in total. The largest absolute Gasteiger partial charge is 0.373 e. The fourth-order valence-electron chi connectivity index (χ4n) is 1.49. The third-order valence-electron chi connectivity index (χ3n) is 2.17. The van der Waals surface area contributed by atoms with Gasteiger partial charge in [-0.05, 0) is 18.7 Å². The molecular weight excluding hydrogens is 152 g/mol. The second-order valence-electron chi connectivity index (χ2n) is 2.90. The van der Waals surface area contributed by atoms with Gasteiger partial charge in [0.1, 0.15) is 0 Å². The van der Waals surface area contributed by atoms with Crippen molar-refractivity contribution in [3.63, 3.8) is 0 Å². The van der Waals surface area contributed by atoms with Gasteiger partial charge in [0.2, 0.25) is 0 Å². The van der Waals surface area contributed by atoms with E-state index in [0.29, 0.717) is 12.6 Å². The Kier molecular flexibility index (Phi) is 2.06. The first-order valence-corrected chi connectivity index (χ1v) is 4.10. The van der Waals surface area contributed by atoms with E-state index in [9.17, 15) is 0 Å². The third kappa shape index (κ3) is 1.21. The number of aromatic nitrogens is 1. The van der Waals surface area contributed by atoms with Gasteiger partial charge in [-0.15, -0.1) is 0 Å². The Labute approximate surface area is 71.8 Å². The van der Waals surface area contributed by atoms with Crippen LogP contribution in [0, 0.1) is 0 Å². The van der Waals surface area contributed by atoms with Gasteiger partial charge in [-0.2, -0.15) is 0 Å². The van der Waals surface area contributed by atoms with Crippen molar-refractivity contribution in [3.05, 3.63) is 29.6 Å². The Morgan fingerprint density at radius 1 is 1.67 bits per heavy atom. The average molecular weight is 164 g/mol. The number of nitrogens with one attached hydrogen (secondary N) is 1. The molecule has 12 heavy (non-hydrogen) atoms. The minimum absolute atomic E-state index is 0.308. The molecule has 1 atom stereocenters. The first kappa shape index (κ1) is 7.71. The summed E-state index contributed by atoms with van der Waals surface area (Å²) < 4.78 is 5.37. The van der Waals surface area contributed by atoms with E-state index in [4.69, 9.17) is 4.74 Å². The summed E-state index contributed by atoms with van der Waals surface area (Å²) in [5.41, 5.74) is 2.33. The quantitative estimate of drug-likeness (QED) is 0.668. The van der Waals surface area contributed by atoms with Gasteiger partial charge in [-0.3, -0.25) is 4.98 Å². The molecule has 0 radical (unpaired) electrons. The summed E-state index contributed by atoms with van der Waals surface area (Å²) in [5, 5.41) is 3.20. The Hall–Kier alpha value is -0.930. The Morgan fingerprint density at radius 2 is 2.58 bits per heavy atom. The van der Waals surface area contributed by atoms with E-state index >= 15 is 0 Å². The maximum absolute atomic E-state index is 5.37. The van der Waals surface area contributed by atoms with Crippen LogP contribution in [-0.4, -0.2) is 18.6 Å².